The van der Waals surface area contributed by atoms with Gasteiger partial charge in [-0.05, 0) is 69.9 Å². The number of halogens is 1. The number of nitrogens with zero attached hydrogens (tertiary/aromatic N) is 5. The highest BCUT2D eigenvalue weighted by atomic mass is 35.5. The molecule has 0 unspecified atom stereocenters. The molecule has 2 heterocycles. The van der Waals surface area contributed by atoms with Gasteiger partial charge >= 0.3 is 0 Å². The maximum absolute atomic E-state index is 10.7. The van der Waals surface area contributed by atoms with Crippen molar-refractivity contribution in [2.24, 2.45) is 10.9 Å². The Morgan fingerprint density at radius 1 is 1.17 bits per heavy atom. The minimum atomic E-state index is 0.567. The van der Waals surface area contributed by atoms with Gasteiger partial charge in [0.1, 0.15) is 17.9 Å². The highest BCUT2D eigenvalue weighted by Gasteiger charge is 2.23. The first-order chi connectivity index (χ1) is 16.9. The number of aliphatic imine (C=N–C) groups is 1. The summed E-state index contributed by atoms with van der Waals surface area (Å²) in [5.41, 5.74) is 4.76. The van der Waals surface area contributed by atoms with Gasteiger partial charge in [-0.15, -0.1) is 0 Å². The molecule has 0 amide bonds. The number of aryl methyl sites for hydroxylation is 1. The molecule has 182 valence electrons. The van der Waals surface area contributed by atoms with Crippen LogP contribution in [-0.4, -0.2) is 42.2 Å². The zero-order chi connectivity index (χ0) is 24.9. The molecule has 0 atom stereocenters. The lowest BCUT2D eigenvalue weighted by Gasteiger charge is -2.34. The number of hydrogen-bond donors (Lipinski definition) is 0. The van der Waals surface area contributed by atoms with Gasteiger partial charge in [-0.25, -0.2) is 15.0 Å². The fourth-order valence-corrected chi connectivity index (χ4v) is 4.93. The molecular formula is C28H32ClN5O. The summed E-state index contributed by atoms with van der Waals surface area (Å²) < 4.78 is 0. The average molecular weight is 490 g/mol. The number of carbonyl (C=O) groups is 1. The molecule has 1 saturated heterocycles. The van der Waals surface area contributed by atoms with Gasteiger partial charge in [0.2, 0.25) is 0 Å². The molecule has 2 aromatic carbocycles. The predicted octanol–water partition coefficient (Wildman–Crippen LogP) is 6.01. The molecule has 0 N–H and O–H groups in total. The number of hydrogen-bond acceptors (Lipinski definition) is 5. The molecule has 6 nitrogen and oxygen atoms in total. The van der Waals surface area contributed by atoms with E-state index < -0.39 is 0 Å². The largest absolute Gasteiger partial charge is 0.370 e. The molecule has 1 aliphatic rings. The maximum atomic E-state index is 10.7. The summed E-state index contributed by atoms with van der Waals surface area (Å²) in [5, 5.41) is 1.86. The second-order valence-corrected chi connectivity index (χ2v) is 9.58. The number of para-hydroxylation sites is 1. The average Bonchev–Trinajstić information content (AvgIpc) is 2.84. The lowest BCUT2D eigenvalue weighted by molar-refractivity contribution is -0.104. The van der Waals surface area contributed by atoms with Crippen LogP contribution in [0.2, 0.25) is 5.02 Å². The van der Waals surface area contributed by atoms with Crippen molar-refractivity contribution >= 4 is 46.0 Å². The molecule has 7 heteroatoms. The monoisotopic (exact) mass is 489 g/mol. The topological polar surface area (TPSA) is 61.7 Å². The summed E-state index contributed by atoms with van der Waals surface area (Å²) in [7, 11) is 1.94. The first-order valence-electron chi connectivity index (χ1n) is 12.0. The van der Waals surface area contributed by atoms with Crippen LogP contribution in [0.3, 0.4) is 0 Å². The number of benzene rings is 2. The van der Waals surface area contributed by atoms with E-state index in [2.05, 4.69) is 41.1 Å². The number of allylic oxidation sites excluding steroid dienone is 2. The van der Waals surface area contributed by atoms with Crippen molar-refractivity contribution in [2.75, 3.05) is 29.9 Å². The third-order valence-corrected chi connectivity index (χ3v) is 7.02. The molecule has 1 aromatic heterocycles. The molecule has 0 bridgehead atoms. The summed E-state index contributed by atoms with van der Waals surface area (Å²) in [5.74, 6) is 2.30. The summed E-state index contributed by atoms with van der Waals surface area (Å²) in [6.45, 7) is 7.70. The van der Waals surface area contributed by atoms with Gasteiger partial charge in [0, 0.05) is 49.0 Å². The van der Waals surface area contributed by atoms with Gasteiger partial charge < -0.3 is 9.80 Å². The van der Waals surface area contributed by atoms with Crippen LogP contribution in [0.15, 0.2) is 59.2 Å². The molecule has 0 aliphatic carbocycles. The third-order valence-electron chi connectivity index (χ3n) is 6.72. The van der Waals surface area contributed by atoms with Crippen LogP contribution >= 0.6 is 11.6 Å². The van der Waals surface area contributed by atoms with Gasteiger partial charge in [-0.2, -0.15) is 0 Å². The van der Waals surface area contributed by atoms with Crippen molar-refractivity contribution in [1.29, 1.82) is 0 Å². The molecular weight excluding hydrogens is 458 g/mol. The van der Waals surface area contributed by atoms with Crippen LogP contribution in [-0.2, 0) is 11.2 Å². The van der Waals surface area contributed by atoms with Crippen molar-refractivity contribution < 1.29 is 4.79 Å². The SMILES string of the molecule is CC(=N/C(C)=C\C=O)N(C)c1ccc(N2CCC(Cc3nc(C)c4ccccc4n3)CC2)c(Cl)c1. The summed E-state index contributed by atoms with van der Waals surface area (Å²) >= 11 is 6.72. The third kappa shape index (κ3) is 5.88. The van der Waals surface area contributed by atoms with Crippen molar-refractivity contribution in [1.82, 2.24) is 9.97 Å². The van der Waals surface area contributed by atoms with E-state index >= 15 is 0 Å². The zero-order valence-electron chi connectivity index (χ0n) is 20.8. The van der Waals surface area contributed by atoms with Crippen LogP contribution in [0.5, 0.6) is 0 Å². The fourth-order valence-electron chi connectivity index (χ4n) is 4.64. The Morgan fingerprint density at radius 3 is 2.63 bits per heavy atom. The number of aromatic nitrogens is 2. The zero-order valence-corrected chi connectivity index (χ0v) is 21.6. The van der Waals surface area contributed by atoms with Crippen LogP contribution in [0.1, 0.15) is 38.2 Å². The first-order valence-corrected chi connectivity index (χ1v) is 12.4. The number of piperidine rings is 1. The van der Waals surface area contributed by atoms with E-state index in [1.165, 1.54) is 6.08 Å². The fraction of sp³-hybridized carbons (Fsp3) is 0.357. The molecule has 35 heavy (non-hydrogen) atoms. The highest BCUT2D eigenvalue weighted by molar-refractivity contribution is 6.33. The van der Waals surface area contributed by atoms with Gasteiger partial charge in [-0.3, -0.25) is 4.79 Å². The van der Waals surface area contributed by atoms with Crippen LogP contribution in [0.25, 0.3) is 10.9 Å². The Balaban J connectivity index is 1.39. The molecule has 3 aromatic rings. The quantitative estimate of drug-likeness (QED) is 0.184. The van der Waals surface area contributed by atoms with E-state index in [1.54, 1.807) is 6.92 Å². The Morgan fingerprint density at radius 2 is 1.91 bits per heavy atom. The van der Waals surface area contributed by atoms with E-state index in [4.69, 9.17) is 21.6 Å². The van der Waals surface area contributed by atoms with Crippen LogP contribution < -0.4 is 9.80 Å². The van der Waals surface area contributed by atoms with Gasteiger partial charge in [0.25, 0.3) is 0 Å². The maximum Gasteiger partial charge on any atom is 0.144 e. The minimum absolute atomic E-state index is 0.567. The van der Waals surface area contributed by atoms with Gasteiger partial charge in [0.05, 0.1) is 16.2 Å². The van der Waals surface area contributed by atoms with E-state index in [9.17, 15) is 4.79 Å². The Hall–Kier alpha value is -3.25. The van der Waals surface area contributed by atoms with Gasteiger partial charge in [-0.1, -0.05) is 29.8 Å². The molecule has 0 saturated carbocycles. The van der Waals surface area contributed by atoms with Crippen LogP contribution in [0.4, 0.5) is 11.4 Å². The summed E-state index contributed by atoms with van der Waals surface area (Å²) in [4.78, 5) is 29.0. The van der Waals surface area contributed by atoms with E-state index in [0.29, 0.717) is 11.6 Å². The highest BCUT2D eigenvalue weighted by Crippen LogP contribution is 2.33. The van der Waals surface area contributed by atoms with Crippen molar-refractivity contribution in [3.63, 3.8) is 0 Å². The lowest BCUT2D eigenvalue weighted by atomic mass is 9.92. The number of carbonyl (C=O) groups excluding carboxylic acids is 1. The second kappa shape index (κ2) is 11.0. The standard InChI is InChI=1S/C28H32ClN5O/c1-19(13-16-35)30-21(3)33(4)23-9-10-27(25(29)18-23)34-14-11-22(12-15-34)17-28-31-20(2)24-7-5-6-8-26(24)32-28/h5-10,13,16,18,22H,11-12,14-15,17H2,1-4H3/b19-13-,30-21?. The van der Waals surface area contributed by atoms with Crippen molar-refractivity contribution in [3.8, 4) is 0 Å². The number of amidine groups is 1. The number of rotatable bonds is 6. The van der Waals surface area contributed by atoms with Crippen molar-refractivity contribution in [2.45, 2.75) is 40.0 Å². The van der Waals surface area contributed by atoms with Crippen molar-refractivity contribution in [3.05, 3.63) is 70.8 Å². The minimum Gasteiger partial charge on any atom is -0.370 e. The summed E-state index contributed by atoms with van der Waals surface area (Å²) in [6.07, 6.45) is 5.28. The first kappa shape index (κ1) is 24.9. The molecule has 1 aliphatic heterocycles. The Kier molecular flexibility index (Phi) is 7.81. The van der Waals surface area contributed by atoms with E-state index in [-0.39, 0.29) is 0 Å². The molecule has 4 rings (SSSR count). The number of aldehydes is 1. The van der Waals surface area contributed by atoms with E-state index in [0.717, 1.165) is 83.3 Å². The predicted molar refractivity (Wildman–Crippen MR) is 146 cm³/mol. The van der Waals surface area contributed by atoms with Crippen LogP contribution in [0, 0.1) is 12.8 Å². The molecule has 0 radical (unpaired) electrons. The lowest BCUT2D eigenvalue weighted by Crippen LogP contribution is -2.34. The second-order valence-electron chi connectivity index (χ2n) is 9.17. The molecule has 1 fully saturated rings. The summed E-state index contributed by atoms with van der Waals surface area (Å²) in [6, 6.07) is 14.3. The Labute approximate surface area is 212 Å². The number of anilines is 2. The van der Waals surface area contributed by atoms with E-state index in [1.807, 2.05) is 37.1 Å². The molecule has 0 spiro atoms. The normalized spacial score (nSPS) is 15.5. The van der Waals surface area contributed by atoms with Gasteiger partial charge in [0.15, 0.2) is 0 Å². The number of fused-ring (bicyclic) bond motifs is 1. The smallest absolute Gasteiger partial charge is 0.144 e. The Bertz CT molecular complexity index is 1280.